The molecular formula is C19H26N4O3. The summed E-state index contributed by atoms with van der Waals surface area (Å²) in [5.41, 5.74) is 1.24. The van der Waals surface area contributed by atoms with Crippen molar-refractivity contribution in [2.75, 3.05) is 19.5 Å². The van der Waals surface area contributed by atoms with Gasteiger partial charge < -0.3 is 20.1 Å². The number of amides is 1. The Hall–Kier alpha value is -2.83. The first-order valence-corrected chi connectivity index (χ1v) is 8.58. The largest absolute Gasteiger partial charge is 0.493 e. The number of nitrogens with one attached hydrogen (secondary N) is 2. The van der Waals surface area contributed by atoms with Crippen LogP contribution in [0.3, 0.4) is 0 Å². The maximum atomic E-state index is 12.5. The molecule has 7 heteroatoms. The highest BCUT2D eigenvalue weighted by molar-refractivity contribution is 5.92. The van der Waals surface area contributed by atoms with Crippen molar-refractivity contribution in [3.63, 3.8) is 0 Å². The number of methoxy groups -OCH3 is 2. The van der Waals surface area contributed by atoms with Crippen LogP contribution in [-0.2, 0) is 6.54 Å². The molecule has 26 heavy (non-hydrogen) atoms. The normalized spacial score (nSPS) is 11.6. The van der Waals surface area contributed by atoms with Crippen LogP contribution < -0.4 is 20.1 Å². The lowest BCUT2D eigenvalue weighted by Crippen LogP contribution is -2.25. The number of carbonyl (C=O) groups is 1. The minimum Gasteiger partial charge on any atom is -0.493 e. The van der Waals surface area contributed by atoms with Gasteiger partial charge in [0.15, 0.2) is 11.5 Å². The average molecular weight is 358 g/mol. The number of aromatic nitrogens is 2. The van der Waals surface area contributed by atoms with Crippen LogP contribution in [0.25, 0.3) is 0 Å². The van der Waals surface area contributed by atoms with Crippen LogP contribution in [0.5, 0.6) is 11.5 Å². The lowest BCUT2D eigenvalue weighted by atomic mass is 10.2. The molecule has 1 atom stereocenters. The molecule has 1 aromatic carbocycles. The predicted octanol–water partition coefficient (Wildman–Crippen LogP) is 2.94. The number of benzene rings is 1. The van der Waals surface area contributed by atoms with E-state index in [2.05, 4.69) is 34.4 Å². The summed E-state index contributed by atoms with van der Waals surface area (Å²) in [6, 6.07) is 7.46. The number of rotatable bonds is 8. The summed E-state index contributed by atoms with van der Waals surface area (Å²) in [5, 5.41) is 6.14. The fraction of sp³-hybridized carbons (Fsp3) is 0.421. The van der Waals surface area contributed by atoms with Crippen LogP contribution in [0, 0.1) is 6.92 Å². The lowest BCUT2D eigenvalue weighted by molar-refractivity contribution is 0.0945. The van der Waals surface area contributed by atoms with E-state index < -0.39 is 0 Å². The second-order valence-electron chi connectivity index (χ2n) is 6.01. The first-order valence-electron chi connectivity index (χ1n) is 8.58. The third kappa shape index (κ3) is 5.08. The van der Waals surface area contributed by atoms with E-state index in [1.165, 1.54) is 0 Å². The zero-order chi connectivity index (χ0) is 19.1. The highest BCUT2D eigenvalue weighted by Gasteiger charge is 2.12. The van der Waals surface area contributed by atoms with E-state index in [0.29, 0.717) is 35.4 Å². The van der Waals surface area contributed by atoms with Crippen LogP contribution in [0.1, 0.15) is 42.1 Å². The van der Waals surface area contributed by atoms with Crippen LogP contribution in [0.15, 0.2) is 24.3 Å². The van der Waals surface area contributed by atoms with Gasteiger partial charge in [0, 0.05) is 18.7 Å². The van der Waals surface area contributed by atoms with Gasteiger partial charge in [-0.15, -0.1) is 0 Å². The SMILES string of the molecule is CCC(C)Nc1cc(C(=O)NCc2ccc(OC)c(OC)c2)nc(C)n1. The topological polar surface area (TPSA) is 85.4 Å². The lowest BCUT2D eigenvalue weighted by Gasteiger charge is -2.13. The van der Waals surface area contributed by atoms with E-state index in [4.69, 9.17) is 9.47 Å². The van der Waals surface area contributed by atoms with Crippen LogP contribution in [0.4, 0.5) is 5.82 Å². The van der Waals surface area contributed by atoms with Crippen molar-refractivity contribution in [3.8, 4) is 11.5 Å². The zero-order valence-electron chi connectivity index (χ0n) is 15.9. The summed E-state index contributed by atoms with van der Waals surface area (Å²) < 4.78 is 10.5. The highest BCUT2D eigenvalue weighted by atomic mass is 16.5. The van der Waals surface area contributed by atoms with E-state index in [9.17, 15) is 4.79 Å². The van der Waals surface area contributed by atoms with Crippen molar-refractivity contribution < 1.29 is 14.3 Å². The van der Waals surface area contributed by atoms with Gasteiger partial charge in [0.1, 0.15) is 17.3 Å². The van der Waals surface area contributed by atoms with Gasteiger partial charge in [-0.05, 0) is 38.0 Å². The number of ether oxygens (including phenoxy) is 2. The van der Waals surface area contributed by atoms with E-state index in [1.807, 2.05) is 18.2 Å². The second-order valence-corrected chi connectivity index (χ2v) is 6.01. The molecule has 0 aliphatic carbocycles. The summed E-state index contributed by atoms with van der Waals surface area (Å²) >= 11 is 0. The first kappa shape index (κ1) is 19.5. The Morgan fingerprint density at radius 3 is 2.54 bits per heavy atom. The second kappa shape index (κ2) is 9.03. The molecule has 0 saturated carbocycles. The molecule has 0 saturated heterocycles. The molecule has 7 nitrogen and oxygen atoms in total. The number of hydrogen-bond donors (Lipinski definition) is 2. The van der Waals surface area contributed by atoms with Gasteiger partial charge in [0.2, 0.25) is 0 Å². The molecule has 2 rings (SSSR count). The van der Waals surface area contributed by atoms with Gasteiger partial charge >= 0.3 is 0 Å². The molecule has 0 aliphatic rings. The molecule has 0 spiro atoms. The predicted molar refractivity (Wildman–Crippen MR) is 101 cm³/mol. The Kier molecular flexibility index (Phi) is 6.77. The van der Waals surface area contributed by atoms with Crippen molar-refractivity contribution in [2.24, 2.45) is 0 Å². The van der Waals surface area contributed by atoms with E-state index in [0.717, 1.165) is 12.0 Å². The van der Waals surface area contributed by atoms with Gasteiger partial charge in [-0.25, -0.2) is 9.97 Å². The van der Waals surface area contributed by atoms with E-state index in [-0.39, 0.29) is 11.9 Å². The summed E-state index contributed by atoms with van der Waals surface area (Å²) in [6.45, 7) is 6.28. The monoisotopic (exact) mass is 358 g/mol. The third-order valence-electron chi connectivity index (χ3n) is 3.98. The molecule has 140 valence electrons. The van der Waals surface area contributed by atoms with Gasteiger partial charge in [0.25, 0.3) is 5.91 Å². The first-order chi connectivity index (χ1) is 12.5. The van der Waals surface area contributed by atoms with E-state index in [1.54, 1.807) is 27.2 Å². The standard InChI is InChI=1S/C19H26N4O3/c1-6-12(2)21-18-10-15(22-13(3)23-18)19(24)20-11-14-7-8-16(25-4)17(9-14)26-5/h7-10,12H,6,11H2,1-5H3,(H,20,24)(H,21,22,23). The number of aryl methyl sites for hydroxylation is 1. The summed E-state index contributed by atoms with van der Waals surface area (Å²) in [7, 11) is 3.16. The van der Waals surface area contributed by atoms with Gasteiger partial charge in [-0.3, -0.25) is 4.79 Å². The van der Waals surface area contributed by atoms with Crippen LogP contribution in [0.2, 0.25) is 0 Å². The van der Waals surface area contributed by atoms with Crippen molar-refractivity contribution in [3.05, 3.63) is 41.3 Å². The Morgan fingerprint density at radius 2 is 1.88 bits per heavy atom. The Bertz CT molecular complexity index is 764. The fourth-order valence-corrected chi connectivity index (χ4v) is 2.38. The summed E-state index contributed by atoms with van der Waals surface area (Å²) in [5.74, 6) is 2.22. The molecule has 1 aromatic heterocycles. The highest BCUT2D eigenvalue weighted by Crippen LogP contribution is 2.27. The smallest absolute Gasteiger partial charge is 0.270 e. The molecule has 1 unspecified atom stereocenters. The maximum Gasteiger partial charge on any atom is 0.270 e. The average Bonchev–Trinajstić information content (AvgIpc) is 2.65. The minimum absolute atomic E-state index is 0.252. The van der Waals surface area contributed by atoms with Crippen molar-refractivity contribution >= 4 is 11.7 Å². The van der Waals surface area contributed by atoms with Gasteiger partial charge in [-0.1, -0.05) is 13.0 Å². The van der Waals surface area contributed by atoms with Crippen molar-refractivity contribution in [1.29, 1.82) is 0 Å². The molecule has 0 radical (unpaired) electrons. The quantitative estimate of drug-likeness (QED) is 0.755. The Labute approximate surface area is 154 Å². The number of anilines is 1. The minimum atomic E-state index is -0.252. The molecule has 2 N–H and O–H groups in total. The van der Waals surface area contributed by atoms with E-state index >= 15 is 0 Å². The van der Waals surface area contributed by atoms with Crippen LogP contribution in [-0.4, -0.2) is 36.1 Å². The molecular weight excluding hydrogens is 332 g/mol. The van der Waals surface area contributed by atoms with Gasteiger partial charge in [-0.2, -0.15) is 0 Å². The molecule has 0 fully saturated rings. The molecule has 0 bridgehead atoms. The molecule has 1 heterocycles. The number of nitrogens with zero attached hydrogens (tertiary/aromatic N) is 2. The Balaban J connectivity index is 2.08. The summed E-state index contributed by atoms with van der Waals surface area (Å²) in [4.78, 5) is 21.0. The number of hydrogen-bond acceptors (Lipinski definition) is 6. The fourth-order valence-electron chi connectivity index (χ4n) is 2.38. The van der Waals surface area contributed by atoms with Crippen molar-refractivity contribution in [2.45, 2.75) is 39.8 Å². The zero-order valence-corrected chi connectivity index (χ0v) is 15.9. The third-order valence-corrected chi connectivity index (χ3v) is 3.98. The Morgan fingerprint density at radius 1 is 1.15 bits per heavy atom. The summed E-state index contributed by atoms with van der Waals surface area (Å²) in [6.07, 6.45) is 0.962. The van der Waals surface area contributed by atoms with Crippen LogP contribution >= 0.6 is 0 Å². The molecule has 0 aliphatic heterocycles. The molecule has 1 amide bonds. The van der Waals surface area contributed by atoms with Gasteiger partial charge in [0.05, 0.1) is 14.2 Å². The molecule has 2 aromatic rings. The maximum absolute atomic E-state index is 12.5. The number of carbonyl (C=O) groups excluding carboxylic acids is 1. The van der Waals surface area contributed by atoms with Crippen molar-refractivity contribution in [1.82, 2.24) is 15.3 Å².